The second-order valence-corrected chi connectivity index (χ2v) is 9.01. The van der Waals surface area contributed by atoms with Crippen LogP contribution >= 0.6 is 34.4 Å². The number of thiophene rings is 2. The largest absolute Gasteiger partial charge is 0.351 e. The molecule has 0 aliphatic heterocycles. The van der Waals surface area contributed by atoms with Crippen molar-refractivity contribution in [2.24, 2.45) is 0 Å². The first-order valence-corrected chi connectivity index (χ1v) is 11.6. The van der Waals surface area contributed by atoms with E-state index in [2.05, 4.69) is 15.3 Å². The third kappa shape index (κ3) is 4.75. The van der Waals surface area contributed by atoms with Crippen molar-refractivity contribution in [2.45, 2.75) is 12.3 Å². The van der Waals surface area contributed by atoms with Gasteiger partial charge < -0.3 is 10.3 Å². The molecule has 9 heteroatoms. The zero-order valence-electron chi connectivity index (χ0n) is 15.1. The predicted molar refractivity (Wildman–Crippen MR) is 118 cm³/mol. The Labute approximate surface area is 178 Å². The summed E-state index contributed by atoms with van der Waals surface area (Å²) in [5.41, 5.74) is 1.59. The molecule has 0 aliphatic rings. The Morgan fingerprint density at radius 1 is 1.21 bits per heavy atom. The van der Waals surface area contributed by atoms with Crippen molar-refractivity contribution in [3.63, 3.8) is 0 Å². The molecule has 3 aromatic heterocycles. The van der Waals surface area contributed by atoms with Crippen LogP contribution in [0, 0.1) is 5.82 Å². The number of hydrogen-bond donors (Lipinski definition) is 2. The van der Waals surface area contributed by atoms with E-state index in [9.17, 15) is 14.0 Å². The number of amides is 1. The highest BCUT2D eigenvalue weighted by Crippen LogP contribution is 2.33. The summed E-state index contributed by atoms with van der Waals surface area (Å²) in [6, 6.07) is 9.94. The molecule has 4 rings (SSSR count). The van der Waals surface area contributed by atoms with Gasteiger partial charge in [0.2, 0.25) is 5.91 Å². The van der Waals surface area contributed by atoms with Crippen LogP contribution in [0.5, 0.6) is 0 Å². The van der Waals surface area contributed by atoms with Crippen molar-refractivity contribution in [3.05, 3.63) is 74.7 Å². The Morgan fingerprint density at radius 3 is 2.79 bits per heavy atom. The number of rotatable bonds is 7. The number of carbonyl (C=O) groups excluding carboxylic acids is 1. The minimum atomic E-state index is -0.303. The Bertz CT molecular complexity index is 1180. The van der Waals surface area contributed by atoms with Gasteiger partial charge in [0.05, 0.1) is 16.9 Å². The smallest absolute Gasteiger partial charge is 0.260 e. The standard InChI is InChI=1S/C20H16FN3O2S3/c21-13-5-3-12(4-6-13)8-22-17(25)11-27-10-16-23-19(26)18-14(9-29-20(18)24-16)15-2-1-7-28-15/h1-7,9H,8,10-11H2,(H,22,25)(H,23,24,26). The molecule has 0 unspecified atom stereocenters. The molecule has 29 heavy (non-hydrogen) atoms. The molecule has 4 aromatic rings. The number of aromatic nitrogens is 2. The highest BCUT2D eigenvalue weighted by Gasteiger charge is 2.14. The molecule has 5 nitrogen and oxygen atoms in total. The fourth-order valence-electron chi connectivity index (χ4n) is 2.77. The molecule has 0 fully saturated rings. The van der Waals surface area contributed by atoms with Crippen LogP contribution in [0.2, 0.25) is 0 Å². The van der Waals surface area contributed by atoms with Gasteiger partial charge in [-0.3, -0.25) is 9.59 Å². The van der Waals surface area contributed by atoms with Crippen molar-refractivity contribution < 1.29 is 9.18 Å². The summed E-state index contributed by atoms with van der Waals surface area (Å²) >= 11 is 4.41. The molecule has 1 aromatic carbocycles. The Balaban J connectivity index is 1.34. The maximum atomic E-state index is 12.9. The number of fused-ring (bicyclic) bond motifs is 1. The molecular weight excluding hydrogens is 429 g/mol. The number of nitrogens with zero attached hydrogens (tertiary/aromatic N) is 1. The van der Waals surface area contributed by atoms with Gasteiger partial charge in [-0.15, -0.1) is 34.4 Å². The van der Waals surface area contributed by atoms with E-state index in [1.165, 1.54) is 35.2 Å². The van der Waals surface area contributed by atoms with E-state index in [1.807, 2.05) is 22.9 Å². The average Bonchev–Trinajstić information content (AvgIpc) is 3.37. The third-order valence-electron chi connectivity index (χ3n) is 4.15. The summed E-state index contributed by atoms with van der Waals surface area (Å²) in [5.74, 6) is 0.800. The molecular formula is C20H16FN3O2S3. The van der Waals surface area contributed by atoms with Gasteiger partial charge in [-0.1, -0.05) is 18.2 Å². The van der Waals surface area contributed by atoms with E-state index < -0.39 is 0 Å². The number of halogens is 1. The lowest BCUT2D eigenvalue weighted by molar-refractivity contribution is -0.118. The topological polar surface area (TPSA) is 74.8 Å². The van der Waals surface area contributed by atoms with Crippen LogP contribution < -0.4 is 10.9 Å². The molecule has 0 saturated carbocycles. The summed E-state index contributed by atoms with van der Waals surface area (Å²) in [4.78, 5) is 33.7. The van der Waals surface area contributed by atoms with Crippen LogP contribution in [0.3, 0.4) is 0 Å². The van der Waals surface area contributed by atoms with Crippen molar-refractivity contribution in [1.82, 2.24) is 15.3 Å². The summed E-state index contributed by atoms with van der Waals surface area (Å²) < 4.78 is 12.9. The molecule has 0 bridgehead atoms. The first kappa shape index (κ1) is 19.8. The Hall–Kier alpha value is -2.49. The zero-order valence-corrected chi connectivity index (χ0v) is 17.6. The molecule has 2 N–H and O–H groups in total. The van der Waals surface area contributed by atoms with Crippen molar-refractivity contribution >= 4 is 50.6 Å². The highest BCUT2D eigenvalue weighted by molar-refractivity contribution is 7.99. The summed E-state index contributed by atoms with van der Waals surface area (Å²) in [5, 5.41) is 7.34. The number of carbonyl (C=O) groups is 1. The maximum Gasteiger partial charge on any atom is 0.260 e. The molecule has 0 atom stereocenters. The minimum absolute atomic E-state index is 0.126. The van der Waals surface area contributed by atoms with Gasteiger partial charge in [0.15, 0.2) is 0 Å². The molecule has 1 amide bonds. The van der Waals surface area contributed by atoms with E-state index in [1.54, 1.807) is 23.5 Å². The number of nitrogens with one attached hydrogen (secondary N) is 2. The fraction of sp³-hybridized carbons (Fsp3) is 0.150. The van der Waals surface area contributed by atoms with Crippen molar-refractivity contribution in [1.29, 1.82) is 0 Å². The number of thioether (sulfide) groups is 1. The van der Waals surface area contributed by atoms with Crippen molar-refractivity contribution in [3.8, 4) is 10.4 Å². The Morgan fingerprint density at radius 2 is 2.03 bits per heavy atom. The number of benzene rings is 1. The van der Waals surface area contributed by atoms with Crippen LogP contribution in [0.25, 0.3) is 20.7 Å². The first-order chi connectivity index (χ1) is 14.1. The fourth-order valence-corrected chi connectivity index (χ4v) is 5.27. The summed E-state index contributed by atoms with van der Waals surface area (Å²) in [7, 11) is 0. The molecule has 3 heterocycles. The lowest BCUT2D eigenvalue weighted by atomic mass is 10.2. The SMILES string of the molecule is O=C(CSCc1nc2scc(-c3cccs3)c2c(=O)[nH]1)NCc1ccc(F)cc1. The van der Waals surface area contributed by atoms with Crippen molar-refractivity contribution in [2.75, 3.05) is 5.75 Å². The quantitative estimate of drug-likeness (QED) is 0.442. The van der Waals surface area contributed by atoms with Gasteiger partial charge in [-0.2, -0.15) is 0 Å². The van der Waals surface area contributed by atoms with Crippen LogP contribution in [0.4, 0.5) is 4.39 Å². The lowest BCUT2D eigenvalue weighted by Gasteiger charge is -2.05. The Kier molecular flexibility index (Phi) is 6.08. The lowest BCUT2D eigenvalue weighted by Crippen LogP contribution is -2.24. The second-order valence-electron chi connectivity index (χ2n) is 6.22. The van der Waals surface area contributed by atoms with Crippen LogP contribution in [0.15, 0.2) is 52.0 Å². The number of aromatic amines is 1. The van der Waals surface area contributed by atoms with E-state index in [0.717, 1.165) is 16.0 Å². The van der Waals surface area contributed by atoms with Gasteiger partial charge in [0, 0.05) is 22.4 Å². The van der Waals surface area contributed by atoms with E-state index in [4.69, 9.17) is 0 Å². The summed E-state index contributed by atoms with van der Waals surface area (Å²) in [6.45, 7) is 0.349. The maximum absolute atomic E-state index is 12.9. The van der Waals surface area contributed by atoms with Crippen LogP contribution in [0.1, 0.15) is 11.4 Å². The van der Waals surface area contributed by atoms with Gasteiger partial charge in [0.25, 0.3) is 5.56 Å². The molecule has 0 radical (unpaired) electrons. The van der Waals surface area contributed by atoms with Gasteiger partial charge in [-0.05, 0) is 29.1 Å². The molecule has 148 valence electrons. The summed E-state index contributed by atoms with van der Waals surface area (Å²) in [6.07, 6.45) is 0. The molecule has 0 aliphatic carbocycles. The van der Waals surface area contributed by atoms with E-state index in [0.29, 0.717) is 28.3 Å². The van der Waals surface area contributed by atoms with Crippen LogP contribution in [-0.2, 0) is 17.1 Å². The number of H-pyrrole nitrogens is 1. The third-order valence-corrected chi connectivity index (χ3v) is 6.87. The monoisotopic (exact) mass is 445 g/mol. The van der Waals surface area contributed by atoms with Gasteiger partial charge >= 0.3 is 0 Å². The zero-order chi connectivity index (χ0) is 20.2. The van der Waals surface area contributed by atoms with E-state index >= 15 is 0 Å². The molecule has 0 spiro atoms. The highest BCUT2D eigenvalue weighted by atomic mass is 32.2. The molecule has 0 saturated heterocycles. The number of hydrogen-bond acceptors (Lipinski definition) is 6. The van der Waals surface area contributed by atoms with E-state index in [-0.39, 0.29) is 23.0 Å². The van der Waals surface area contributed by atoms with Gasteiger partial charge in [0.1, 0.15) is 16.5 Å². The predicted octanol–water partition coefficient (Wildman–Crippen LogP) is 4.40. The first-order valence-electron chi connectivity index (χ1n) is 8.73. The second kappa shape index (κ2) is 8.89. The normalized spacial score (nSPS) is 11.1. The average molecular weight is 446 g/mol. The van der Waals surface area contributed by atoms with Gasteiger partial charge in [-0.25, -0.2) is 9.37 Å². The van der Waals surface area contributed by atoms with Crippen LogP contribution in [-0.4, -0.2) is 21.6 Å². The minimum Gasteiger partial charge on any atom is -0.351 e.